The number of nitrogens with zero attached hydrogens (tertiary/aromatic N) is 3. The lowest BCUT2D eigenvalue weighted by molar-refractivity contribution is -0.130. The van der Waals surface area contributed by atoms with E-state index in [1.807, 2.05) is 4.90 Å². The lowest BCUT2D eigenvalue weighted by atomic mass is 9.84. The molecule has 2 aliphatic heterocycles. The standard InChI is InChI=1S/C18H33N3O2/c1-15-12-19(14-18(23)6-4-3-5-7-18)13-17(15)21-10-8-20(9-11-21)16(2)22/h15,17,23H,3-14H2,1-2H3/t15-,17+/m0/s1. The van der Waals surface area contributed by atoms with Crippen molar-refractivity contribution in [3.8, 4) is 0 Å². The van der Waals surface area contributed by atoms with Gasteiger partial charge in [-0.25, -0.2) is 0 Å². The van der Waals surface area contributed by atoms with Crippen molar-refractivity contribution >= 4 is 5.91 Å². The molecule has 0 bridgehead atoms. The van der Waals surface area contributed by atoms with E-state index in [0.29, 0.717) is 12.0 Å². The average Bonchev–Trinajstić information content (AvgIpc) is 2.87. The van der Waals surface area contributed by atoms with E-state index in [2.05, 4.69) is 16.7 Å². The average molecular weight is 323 g/mol. The second-order valence-electron chi connectivity index (χ2n) is 8.07. The summed E-state index contributed by atoms with van der Waals surface area (Å²) in [5.41, 5.74) is -0.444. The van der Waals surface area contributed by atoms with Crippen LogP contribution in [-0.2, 0) is 4.79 Å². The number of carbonyl (C=O) groups is 1. The fourth-order valence-corrected chi connectivity index (χ4v) is 4.81. The van der Waals surface area contributed by atoms with Crippen molar-refractivity contribution in [2.75, 3.05) is 45.8 Å². The molecule has 1 N–H and O–H groups in total. The number of piperazine rings is 1. The molecule has 0 radical (unpaired) electrons. The van der Waals surface area contributed by atoms with Gasteiger partial charge in [0.1, 0.15) is 0 Å². The molecule has 1 saturated carbocycles. The number of amides is 1. The Kier molecular flexibility index (Phi) is 5.29. The number of hydrogen-bond donors (Lipinski definition) is 1. The van der Waals surface area contributed by atoms with Crippen LogP contribution in [0.25, 0.3) is 0 Å². The van der Waals surface area contributed by atoms with Gasteiger partial charge in [-0.1, -0.05) is 26.2 Å². The third kappa shape index (κ3) is 4.06. The molecular formula is C18H33N3O2. The molecule has 5 nitrogen and oxygen atoms in total. The minimum Gasteiger partial charge on any atom is -0.389 e. The lowest BCUT2D eigenvalue weighted by Crippen LogP contribution is -2.53. The van der Waals surface area contributed by atoms with Gasteiger partial charge in [0.15, 0.2) is 0 Å². The SMILES string of the molecule is CC(=O)N1CCN([C@@H]2CN(CC3(O)CCCCC3)C[C@@H]2C)CC1. The van der Waals surface area contributed by atoms with Gasteiger partial charge >= 0.3 is 0 Å². The summed E-state index contributed by atoms with van der Waals surface area (Å²) in [7, 11) is 0. The van der Waals surface area contributed by atoms with Crippen molar-refractivity contribution in [1.29, 1.82) is 0 Å². The molecule has 0 unspecified atom stereocenters. The normalized spacial score (nSPS) is 33.1. The summed E-state index contributed by atoms with van der Waals surface area (Å²) in [4.78, 5) is 18.5. The molecule has 3 rings (SSSR count). The van der Waals surface area contributed by atoms with Crippen molar-refractivity contribution in [2.45, 2.75) is 57.6 Å². The van der Waals surface area contributed by atoms with E-state index in [4.69, 9.17) is 0 Å². The Morgan fingerprint density at radius 2 is 1.74 bits per heavy atom. The van der Waals surface area contributed by atoms with Gasteiger partial charge in [0.25, 0.3) is 0 Å². The van der Waals surface area contributed by atoms with Crippen LogP contribution < -0.4 is 0 Å². The van der Waals surface area contributed by atoms with Gasteiger partial charge in [-0.3, -0.25) is 14.6 Å². The highest BCUT2D eigenvalue weighted by Crippen LogP contribution is 2.31. The van der Waals surface area contributed by atoms with Crippen molar-refractivity contribution < 1.29 is 9.90 Å². The first kappa shape index (κ1) is 17.2. The number of hydrogen-bond acceptors (Lipinski definition) is 4. The Bertz CT molecular complexity index is 414. The summed E-state index contributed by atoms with van der Waals surface area (Å²) in [6.45, 7) is 10.7. The molecule has 1 amide bonds. The van der Waals surface area contributed by atoms with E-state index < -0.39 is 5.60 Å². The summed E-state index contributed by atoms with van der Waals surface area (Å²) in [5, 5.41) is 10.8. The van der Waals surface area contributed by atoms with Crippen LogP contribution in [0.3, 0.4) is 0 Å². The smallest absolute Gasteiger partial charge is 0.219 e. The third-order valence-corrected chi connectivity index (χ3v) is 6.18. The Morgan fingerprint density at radius 1 is 1.09 bits per heavy atom. The first-order valence-corrected chi connectivity index (χ1v) is 9.41. The minimum atomic E-state index is -0.444. The largest absolute Gasteiger partial charge is 0.389 e. The summed E-state index contributed by atoms with van der Waals surface area (Å²) in [5.74, 6) is 0.844. The van der Waals surface area contributed by atoms with Gasteiger partial charge in [-0.2, -0.15) is 0 Å². The van der Waals surface area contributed by atoms with E-state index in [1.54, 1.807) is 6.92 Å². The van der Waals surface area contributed by atoms with E-state index in [-0.39, 0.29) is 5.91 Å². The van der Waals surface area contributed by atoms with Gasteiger partial charge in [0.05, 0.1) is 5.60 Å². The van der Waals surface area contributed by atoms with Gasteiger partial charge in [0, 0.05) is 58.8 Å². The first-order valence-electron chi connectivity index (χ1n) is 9.41. The molecule has 2 heterocycles. The second kappa shape index (κ2) is 7.08. The van der Waals surface area contributed by atoms with Gasteiger partial charge in [0.2, 0.25) is 5.91 Å². The van der Waals surface area contributed by atoms with E-state index in [0.717, 1.165) is 58.7 Å². The monoisotopic (exact) mass is 323 g/mol. The highest BCUT2D eigenvalue weighted by molar-refractivity contribution is 5.73. The number of likely N-dealkylation sites (tertiary alicyclic amines) is 1. The zero-order valence-corrected chi connectivity index (χ0v) is 14.8. The quantitative estimate of drug-likeness (QED) is 0.847. The van der Waals surface area contributed by atoms with Crippen molar-refractivity contribution in [2.24, 2.45) is 5.92 Å². The highest BCUT2D eigenvalue weighted by atomic mass is 16.3. The van der Waals surface area contributed by atoms with E-state index in [9.17, 15) is 9.90 Å². The summed E-state index contributed by atoms with van der Waals surface area (Å²) >= 11 is 0. The van der Waals surface area contributed by atoms with Gasteiger partial charge in [-0.15, -0.1) is 0 Å². The van der Waals surface area contributed by atoms with Gasteiger partial charge < -0.3 is 10.0 Å². The first-order chi connectivity index (χ1) is 11.0. The molecule has 0 aromatic rings. The Balaban J connectivity index is 1.51. The zero-order valence-electron chi connectivity index (χ0n) is 14.8. The summed E-state index contributed by atoms with van der Waals surface area (Å²) in [6, 6.07) is 0.580. The second-order valence-corrected chi connectivity index (χ2v) is 8.07. The van der Waals surface area contributed by atoms with Crippen LogP contribution in [0.15, 0.2) is 0 Å². The van der Waals surface area contributed by atoms with Crippen LogP contribution in [0.1, 0.15) is 46.0 Å². The molecule has 0 aromatic carbocycles. The molecule has 1 aliphatic carbocycles. The molecular weight excluding hydrogens is 290 g/mol. The molecule has 2 atom stereocenters. The molecule has 3 fully saturated rings. The Morgan fingerprint density at radius 3 is 2.35 bits per heavy atom. The maximum Gasteiger partial charge on any atom is 0.219 e. The molecule has 0 spiro atoms. The van der Waals surface area contributed by atoms with Crippen LogP contribution in [0.2, 0.25) is 0 Å². The number of β-amino-alcohol motifs (C(OH)–C–C–N with tert-alkyl or cyclic N) is 1. The van der Waals surface area contributed by atoms with Crippen LogP contribution in [0, 0.1) is 5.92 Å². The zero-order chi connectivity index (χ0) is 16.4. The minimum absolute atomic E-state index is 0.199. The number of rotatable bonds is 3. The predicted octanol–water partition coefficient (Wildman–Crippen LogP) is 1.17. The molecule has 132 valence electrons. The summed E-state index contributed by atoms with van der Waals surface area (Å²) in [6.07, 6.45) is 5.58. The lowest BCUT2D eigenvalue weighted by Gasteiger charge is -2.39. The third-order valence-electron chi connectivity index (χ3n) is 6.18. The van der Waals surface area contributed by atoms with Crippen LogP contribution >= 0.6 is 0 Å². The van der Waals surface area contributed by atoms with Crippen molar-refractivity contribution in [1.82, 2.24) is 14.7 Å². The molecule has 2 saturated heterocycles. The summed E-state index contributed by atoms with van der Waals surface area (Å²) < 4.78 is 0. The van der Waals surface area contributed by atoms with Crippen molar-refractivity contribution in [3.63, 3.8) is 0 Å². The number of aliphatic hydroxyl groups is 1. The predicted molar refractivity (Wildman–Crippen MR) is 91.3 cm³/mol. The van der Waals surface area contributed by atoms with Crippen LogP contribution in [0.4, 0.5) is 0 Å². The maximum atomic E-state index is 11.5. The Hall–Kier alpha value is -0.650. The van der Waals surface area contributed by atoms with Crippen LogP contribution in [0.5, 0.6) is 0 Å². The molecule has 3 aliphatic rings. The number of carbonyl (C=O) groups excluding carboxylic acids is 1. The molecule has 5 heteroatoms. The van der Waals surface area contributed by atoms with E-state index in [1.165, 1.54) is 19.3 Å². The molecule has 23 heavy (non-hydrogen) atoms. The molecule has 0 aromatic heterocycles. The van der Waals surface area contributed by atoms with Crippen molar-refractivity contribution in [3.05, 3.63) is 0 Å². The highest BCUT2D eigenvalue weighted by Gasteiger charge is 2.39. The topological polar surface area (TPSA) is 47.0 Å². The van der Waals surface area contributed by atoms with Gasteiger partial charge in [-0.05, 0) is 18.8 Å². The van der Waals surface area contributed by atoms with Crippen LogP contribution in [-0.4, -0.2) is 83.2 Å². The Labute approximate surface area is 140 Å². The maximum absolute atomic E-state index is 11.5. The fraction of sp³-hybridized carbons (Fsp3) is 0.944. The fourth-order valence-electron chi connectivity index (χ4n) is 4.81. The van der Waals surface area contributed by atoms with E-state index >= 15 is 0 Å².